The molecular formula is C14H23NO. The van der Waals surface area contributed by atoms with Crippen molar-refractivity contribution in [3.8, 4) is 0 Å². The van der Waals surface area contributed by atoms with E-state index in [1.807, 2.05) is 6.92 Å². The molecule has 0 aliphatic carbocycles. The van der Waals surface area contributed by atoms with Gasteiger partial charge in [-0.3, -0.25) is 0 Å². The standard InChI is InChI=1S/C14H23NO/c1-4-10-16-11(3)14(15)13-8-6-12(5-2)7-9-13/h6-9,11,14H,4-5,10,15H2,1-3H3. The first kappa shape index (κ1) is 13.2. The van der Waals surface area contributed by atoms with Crippen molar-refractivity contribution in [2.24, 2.45) is 5.73 Å². The van der Waals surface area contributed by atoms with Gasteiger partial charge < -0.3 is 10.5 Å². The van der Waals surface area contributed by atoms with Crippen LogP contribution in [0.4, 0.5) is 0 Å². The van der Waals surface area contributed by atoms with Gasteiger partial charge in [0.25, 0.3) is 0 Å². The molecule has 2 N–H and O–H groups in total. The zero-order chi connectivity index (χ0) is 12.0. The van der Waals surface area contributed by atoms with Crippen LogP contribution in [0.2, 0.25) is 0 Å². The van der Waals surface area contributed by atoms with Gasteiger partial charge in [0.1, 0.15) is 0 Å². The van der Waals surface area contributed by atoms with E-state index in [1.165, 1.54) is 5.56 Å². The van der Waals surface area contributed by atoms with Crippen molar-refractivity contribution in [3.05, 3.63) is 35.4 Å². The second kappa shape index (κ2) is 6.66. The Morgan fingerprint density at radius 1 is 1.19 bits per heavy atom. The second-order valence-corrected chi connectivity index (χ2v) is 4.20. The maximum Gasteiger partial charge on any atom is 0.0739 e. The number of nitrogens with two attached hydrogens (primary N) is 1. The van der Waals surface area contributed by atoms with Gasteiger partial charge in [-0.1, -0.05) is 38.1 Å². The minimum atomic E-state index is -0.0301. The number of hydrogen-bond donors (Lipinski definition) is 1. The van der Waals surface area contributed by atoms with Crippen molar-refractivity contribution in [2.45, 2.75) is 45.8 Å². The van der Waals surface area contributed by atoms with Crippen LogP contribution in [0.15, 0.2) is 24.3 Å². The first-order valence-corrected chi connectivity index (χ1v) is 6.15. The van der Waals surface area contributed by atoms with Gasteiger partial charge in [0, 0.05) is 6.61 Å². The van der Waals surface area contributed by atoms with Crippen LogP contribution in [0.3, 0.4) is 0 Å². The van der Waals surface area contributed by atoms with E-state index in [1.54, 1.807) is 0 Å². The summed E-state index contributed by atoms with van der Waals surface area (Å²) >= 11 is 0. The van der Waals surface area contributed by atoms with E-state index >= 15 is 0 Å². The van der Waals surface area contributed by atoms with Crippen LogP contribution in [0.25, 0.3) is 0 Å². The van der Waals surface area contributed by atoms with Crippen LogP contribution in [-0.2, 0) is 11.2 Å². The summed E-state index contributed by atoms with van der Waals surface area (Å²) in [4.78, 5) is 0. The van der Waals surface area contributed by atoms with Crippen molar-refractivity contribution < 1.29 is 4.74 Å². The highest BCUT2D eigenvalue weighted by Crippen LogP contribution is 2.17. The molecule has 0 amide bonds. The molecule has 0 aromatic heterocycles. The van der Waals surface area contributed by atoms with Crippen LogP contribution in [0, 0.1) is 0 Å². The normalized spacial score (nSPS) is 14.8. The molecule has 2 atom stereocenters. The van der Waals surface area contributed by atoms with Gasteiger partial charge in [-0.05, 0) is 30.9 Å². The lowest BCUT2D eigenvalue weighted by molar-refractivity contribution is 0.0485. The number of aryl methyl sites for hydroxylation is 1. The zero-order valence-electron chi connectivity index (χ0n) is 10.6. The molecule has 16 heavy (non-hydrogen) atoms. The maximum absolute atomic E-state index is 6.15. The third-order valence-electron chi connectivity index (χ3n) is 2.86. The van der Waals surface area contributed by atoms with E-state index in [-0.39, 0.29) is 12.1 Å². The van der Waals surface area contributed by atoms with Gasteiger partial charge in [-0.15, -0.1) is 0 Å². The maximum atomic E-state index is 6.15. The molecule has 2 nitrogen and oxygen atoms in total. The number of hydrogen-bond acceptors (Lipinski definition) is 2. The molecule has 0 fully saturated rings. The van der Waals surface area contributed by atoms with Gasteiger partial charge in [0.15, 0.2) is 0 Å². The Kier molecular flexibility index (Phi) is 5.50. The third-order valence-corrected chi connectivity index (χ3v) is 2.86. The molecule has 0 spiro atoms. The molecule has 1 aromatic carbocycles. The lowest BCUT2D eigenvalue weighted by atomic mass is 10.0. The molecule has 1 aromatic rings. The van der Waals surface area contributed by atoms with Gasteiger partial charge in [0.05, 0.1) is 12.1 Å². The fourth-order valence-electron chi connectivity index (χ4n) is 1.65. The average Bonchev–Trinajstić information content (AvgIpc) is 2.35. The Balaban J connectivity index is 2.60. The zero-order valence-corrected chi connectivity index (χ0v) is 10.6. The summed E-state index contributed by atoms with van der Waals surface area (Å²) in [5, 5.41) is 0. The first-order valence-electron chi connectivity index (χ1n) is 6.15. The minimum absolute atomic E-state index is 0.0301. The van der Waals surface area contributed by atoms with Crippen LogP contribution in [-0.4, -0.2) is 12.7 Å². The Hall–Kier alpha value is -0.860. The van der Waals surface area contributed by atoms with Crippen molar-refractivity contribution in [1.29, 1.82) is 0 Å². The van der Waals surface area contributed by atoms with E-state index in [0.29, 0.717) is 0 Å². The Labute approximate surface area is 98.8 Å². The monoisotopic (exact) mass is 221 g/mol. The summed E-state index contributed by atoms with van der Waals surface area (Å²) in [5.74, 6) is 0. The van der Waals surface area contributed by atoms with Crippen LogP contribution < -0.4 is 5.73 Å². The molecule has 0 aliphatic heterocycles. The average molecular weight is 221 g/mol. The minimum Gasteiger partial charge on any atom is -0.377 e. The molecule has 90 valence electrons. The smallest absolute Gasteiger partial charge is 0.0739 e. The van der Waals surface area contributed by atoms with Crippen LogP contribution in [0.5, 0.6) is 0 Å². The first-order chi connectivity index (χ1) is 7.69. The Morgan fingerprint density at radius 3 is 2.31 bits per heavy atom. The summed E-state index contributed by atoms with van der Waals surface area (Å²) in [5.41, 5.74) is 8.64. The molecule has 2 heteroatoms. The van der Waals surface area contributed by atoms with E-state index in [0.717, 1.165) is 25.0 Å². The van der Waals surface area contributed by atoms with E-state index in [2.05, 4.69) is 38.1 Å². The van der Waals surface area contributed by atoms with Crippen molar-refractivity contribution in [3.63, 3.8) is 0 Å². The summed E-state index contributed by atoms with van der Waals surface area (Å²) in [6.07, 6.45) is 2.18. The lowest BCUT2D eigenvalue weighted by Crippen LogP contribution is -2.26. The molecule has 0 saturated carbocycles. The van der Waals surface area contributed by atoms with Crippen molar-refractivity contribution >= 4 is 0 Å². The molecule has 0 radical (unpaired) electrons. The fourth-order valence-corrected chi connectivity index (χ4v) is 1.65. The number of benzene rings is 1. The SMILES string of the molecule is CCCOC(C)C(N)c1ccc(CC)cc1. The third kappa shape index (κ3) is 3.62. The van der Waals surface area contributed by atoms with E-state index in [9.17, 15) is 0 Å². The number of ether oxygens (including phenoxy) is 1. The van der Waals surface area contributed by atoms with Crippen molar-refractivity contribution in [1.82, 2.24) is 0 Å². The van der Waals surface area contributed by atoms with Crippen LogP contribution >= 0.6 is 0 Å². The molecule has 0 bridgehead atoms. The van der Waals surface area contributed by atoms with Gasteiger partial charge in [0.2, 0.25) is 0 Å². The van der Waals surface area contributed by atoms with E-state index in [4.69, 9.17) is 10.5 Å². The highest BCUT2D eigenvalue weighted by Gasteiger charge is 2.14. The Bertz CT molecular complexity index is 294. The predicted molar refractivity (Wildman–Crippen MR) is 68.5 cm³/mol. The summed E-state index contributed by atoms with van der Waals surface area (Å²) in [6.45, 7) is 7.08. The Morgan fingerprint density at radius 2 is 1.81 bits per heavy atom. The van der Waals surface area contributed by atoms with E-state index < -0.39 is 0 Å². The second-order valence-electron chi connectivity index (χ2n) is 4.20. The summed E-state index contributed by atoms with van der Waals surface area (Å²) in [7, 11) is 0. The van der Waals surface area contributed by atoms with Crippen molar-refractivity contribution in [2.75, 3.05) is 6.61 Å². The highest BCUT2D eigenvalue weighted by molar-refractivity contribution is 5.25. The summed E-state index contributed by atoms with van der Waals surface area (Å²) in [6, 6.07) is 8.46. The van der Waals surface area contributed by atoms with Gasteiger partial charge >= 0.3 is 0 Å². The molecule has 0 saturated heterocycles. The molecule has 0 heterocycles. The number of rotatable bonds is 6. The van der Waals surface area contributed by atoms with Gasteiger partial charge in [-0.2, -0.15) is 0 Å². The van der Waals surface area contributed by atoms with Gasteiger partial charge in [-0.25, -0.2) is 0 Å². The molecule has 2 unspecified atom stereocenters. The molecule has 1 rings (SSSR count). The van der Waals surface area contributed by atoms with Crippen LogP contribution in [0.1, 0.15) is 44.4 Å². The predicted octanol–water partition coefficient (Wildman–Crippen LogP) is 3.06. The quantitative estimate of drug-likeness (QED) is 0.801. The largest absolute Gasteiger partial charge is 0.377 e. The summed E-state index contributed by atoms with van der Waals surface area (Å²) < 4.78 is 5.64. The molecular weight excluding hydrogens is 198 g/mol. The highest BCUT2D eigenvalue weighted by atomic mass is 16.5. The lowest BCUT2D eigenvalue weighted by Gasteiger charge is -2.20. The molecule has 0 aliphatic rings. The topological polar surface area (TPSA) is 35.2 Å². The fraction of sp³-hybridized carbons (Fsp3) is 0.571.